The van der Waals surface area contributed by atoms with E-state index in [9.17, 15) is 4.79 Å². The maximum atomic E-state index is 12.5. The molecule has 4 heteroatoms. The van der Waals surface area contributed by atoms with Gasteiger partial charge in [0, 0.05) is 25.5 Å². The number of benzene rings is 1. The lowest BCUT2D eigenvalue weighted by molar-refractivity contribution is 0.0955. The molecule has 92 valence electrons. The van der Waals surface area contributed by atoms with Crippen LogP contribution in [0.4, 0.5) is 5.69 Å². The Labute approximate surface area is 106 Å². The number of aryl methyl sites for hydroxylation is 1. The van der Waals surface area contributed by atoms with Gasteiger partial charge in [-0.25, -0.2) is 0 Å². The Balaban J connectivity index is 1.96. The minimum Gasteiger partial charge on any atom is -0.385 e. The van der Waals surface area contributed by atoms with Crippen LogP contribution in [0, 0.1) is 0 Å². The average molecular weight is 241 g/mol. The van der Waals surface area contributed by atoms with Gasteiger partial charge in [-0.2, -0.15) is 5.10 Å². The first-order chi connectivity index (χ1) is 8.75. The molecule has 18 heavy (non-hydrogen) atoms. The Morgan fingerprint density at radius 3 is 3.06 bits per heavy atom. The highest BCUT2D eigenvalue weighted by atomic mass is 16.1. The third-order valence-corrected chi connectivity index (χ3v) is 3.39. The number of fused-ring (bicyclic) bond motifs is 1. The van der Waals surface area contributed by atoms with Crippen molar-refractivity contribution in [1.82, 2.24) is 9.78 Å². The van der Waals surface area contributed by atoms with Gasteiger partial charge in [0.15, 0.2) is 5.78 Å². The van der Waals surface area contributed by atoms with E-state index in [1.807, 2.05) is 31.3 Å². The summed E-state index contributed by atoms with van der Waals surface area (Å²) < 4.78 is 1.67. The molecular weight excluding hydrogens is 226 g/mol. The van der Waals surface area contributed by atoms with Crippen LogP contribution in [0.15, 0.2) is 36.7 Å². The third-order valence-electron chi connectivity index (χ3n) is 3.39. The summed E-state index contributed by atoms with van der Waals surface area (Å²) in [5.74, 6) is 0.115. The highest BCUT2D eigenvalue weighted by Crippen LogP contribution is 2.33. The summed E-state index contributed by atoms with van der Waals surface area (Å²) in [5.41, 5.74) is 2.86. The summed E-state index contributed by atoms with van der Waals surface area (Å²) in [4.78, 5) is 12.5. The highest BCUT2D eigenvalue weighted by molar-refractivity contribution is 6.01. The zero-order valence-corrected chi connectivity index (χ0v) is 10.3. The molecule has 0 saturated carbocycles. The highest BCUT2D eigenvalue weighted by Gasteiger charge is 2.27. The second-order valence-electron chi connectivity index (χ2n) is 4.62. The largest absolute Gasteiger partial charge is 0.385 e. The van der Waals surface area contributed by atoms with Gasteiger partial charge in [0.2, 0.25) is 0 Å². The number of anilines is 1. The van der Waals surface area contributed by atoms with E-state index in [4.69, 9.17) is 0 Å². The maximum absolute atomic E-state index is 12.5. The zero-order valence-electron chi connectivity index (χ0n) is 10.3. The smallest absolute Gasteiger partial charge is 0.173 e. The molecule has 1 unspecified atom stereocenters. The number of para-hydroxylation sites is 1. The van der Waals surface area contributed by atoms with Crippen LogP contribution >= 0.6 is 0 Å². The fourth-order valence-electron chi connectivity index (χ4n) is 2.49. The molecule has 0 spiro atoms. The third kappa shape index (κ3) is 1.79. The Morgan fingerprint density at radius 2 is 2.28 bits per heavy atom. The molecule has 1 atom stereocenters. The van der Waals surface area contributed by atoms with Crippen LogP contribution in [-0.4, -0.2) is 22.1 Å². The Kier molecular flexibility index (Phi) is 2.63. The Bertz CT molecular complexity index is 588. The molecule has 1 aliphatic heterocycles. The predicted octanol–water partition coefficient (Wildman–Crippen LogP) is 2.20. The summed E-state index contributed by atoms with van der Waals surface area (Å²) in [7, 11) is 1.83. The van der Waals surface area contributed by atoms with Crippen molar-refractivity contribution in [1.29, 1.82) is 0 Å². The summed E-state index contributed by atoms with van der Waals surface area (Å²) in [6.07, 6.45) is 4.27. The summed E-state index contributed by atoms with van der Waals surface area (Å²) in [6, 6.07) is 8.02. The molecule has 1 aromatic carbocycles. The minimum absolute atomic E-state index is 0.0494. The van der Waals surface area contributed by atoms with E-state index in [2.05, 4.69) is 10.4 Å². The van der Waals surface area contributed by atoms with Gasteiger partial charge in [-0.3, -0.25) is 9.48 Å². The van der Waals surface area contributed by atoms with Gasteiger partial charge in [0.1, 0.15) is 0 Å². The first-order valence-electron chi connectivity index (χ1n) is 6.11. The lowest BCUT2D eigenvalue weighted by atomic mass is 9.86. The molecule has 0 amide bonds. The van der Waals surface area contributed by atoms with Crippen molar-refractivity contribution in [3.8, 4) is 0 Å². The van der Waals surface area contributed by atoms with Crippen molar-refractivity contribution in [3.05, 3.63) is 47.8 Å². The molecule has 0 saturated heterocycles. The number of carbonyl (C=O) groups excluding carboxylic acids is 1. The van der Waals surface area contributed by atoms with E-state index < -0.39 is 0 Å². The molecular formula is C14H15N3O. The van der Waals surface area contributed by atoms with E-state index in [1.54, 1.807) is 17.1 Å². The monoisotopic (exact) mass is 241 g/mol. The summed E-state index contributed by atoms with van der Waals surface area (Å²) in [6.45, 7) is 0.841. The zero-order chi connectivity index (χ0) is 12.5. The number of Topliss-reactive ketones (excluding diaryl/α,β-unsaturated/α-hetero) is 1. The first kappa shape index (κ1) is 11.0. The van der Waals surface area contributed by atoms with Crippen molar-refractivity contribution in [2.75, 3.05) is 11.9 Å². The van der Waals surface area contributed by atoms with Gasteiger partial charge in [-0.15, -0.1) is 0 Å². The number of ketones is 1. The lowest BCUT2D eigenvalue weighted by Crippen LogP contribution is -2.22. The van der Waals surface area contributed by atoms with Crippen molar-refractivity contribution < 1.29 is 4.79 Å². The lowest BCUT2D eigenvalue weighted by Gasteiger charge is -2.25. The molecule has 3 rings (SSSR count). The first-order valence-corrected chi connectivity index (χ1v) is 6.11. The summed E-state index contributed by atoms with van der Waals surface area (Å²) >= 11 is 0. The molecule has 4 nitrogen and oxygen atoms in total. The van der Waals surface area contributed by atoms with Crippen LogP contribution in [0.3, 0.4) is 0 Å². The SMILES string of the molecule is Cn1cc(C(=O)C2CCNc3ccccc32)cn1. The fraction of sp³-hybridized carbons (Fsp3) is 0.286. The number of nitrogens with one attached hydrogen (secondary N) is 1. The van der Waals surface area contributed by atoms with Crippen molar-refractivity contribution in [3.63, 3.8) is 0 Å². The number of carbonyl (C=O) groups is 1. The van der Waals surface area contributed by atoms with E-state index >= 15 is 0 Å². The van der Waals surface area contributed by atoms with Crippen LogP contribution in [-0.2, 0) is 7.05 Å². The molecule has 1 N–H and O–H groups in total. The molecule has 0 radical (unpaired) electrons. The Morgan fingerprint density at radius 1 is 1.44 bits per heavy atom. The number of hydrogen-bond acceptors (Lipinski definition) is 3. The normalized spacial score (nSPS) is 17.9. The van der Waals surface area contributed by atoms with Crippen LogP contribution in [0.1, 0.15) is 28.3 Å². The van der Waals surface area contributed by atoms with E-state index in [0.29, 0.717) is 5.56 Å². The fourth-order valence-corrected chi connectivity index (χ4v) is 2.49. The van der Waals surface area contributed by atoms with Crippen LogP contribution in [0.2, 0.25) is 0 Å². The second kappa shape index (κ2) is 4.29. The number of aromatic nitrogens is 2. The minimum atomic E-state index is -0.0494. The van der Waals surface area contributed by atoms with Crippen LogP contribution < -0.4 is 5.32 Å². The van der Waals surface area contributed by atoms with E-state index in [0.717, 1.165) is 24.2 Å². The average Bonchev–Trinajstić information content (AvgIpc) is 2.84. The molecule has 1 aliphatic rings. The molecule has 2 heterocycles. The van der Waals surface area contributed by atoms with Crippen molar-refractivity contribution >= 4 is 11.5 Å². The number of hydrogen-bond donors (Lipinski definition) is 1. The van der Waals surface area contributed by atoms with Gasteiger partial charge < -0.3 is 5.32 Å². The van der Waals surface area contributed by atoms with Gasteiger partial charge in [0.05, 0.1) is 17.7 Å². The quantitative estimate of drug-likeness (QED) is 0.820. The number of rotatable bonds is 2. The van der Waals surface area contributed by atoms with Crippen LogP contribution in [0.25, 0.3) is 0 Å². The van der Waals surface area contributed by atoms with Gasteiger partial charge >= 0.3 is 0 Å². The molecule has 0 fully saturated rings. The second-order valence-corrected chi connectivity index (χ2v) is 4.62. The molecule has 2 aromatic rings. The standard InChI is InChI=1S/C14H15N3O/c1-17-9-10(8-16-17)14(18)12-6-7-15-13-5-3-2-4-11(12)13/h2-5,8-9,12,15H,6-7H2,1H3. The van der Waals surface area contributed by atoms with Gasteiger partial charge in [0.25, 0.3) is 0 Å². The van der Waals surface area contributed by atoms with Gasteiger partial charge in [-0.1, -0.05) is 18.2 Å². The predicted molar refractivity (Wildman–Crippen MR) is 69.8 cm³/mol. The number of nitrogens with zero attached hydrogens (tertiary/aromatic N) is 2. The van der Waals surface area contributed by atoms with Crippen LogP contribution in [0.5, 0.6) is 0 Å². The molecule has 0 bridgehead atoms. The topological polar surface area (TPSA) is 46.9 Å². The van der Waals surface area contributed by atoms with E-state index in [-0.39, 0.29) is 11.7 Å². The molecule has 0 aliphatic carbocycles. The summed E-state index contributed by atoms with van der Waals surface area (Å²) in [5, 5.41) is 7.40. The maximum Gasteiger partial charge on any atom is 0.173 e. The van der Waals surface area contributed by atoms with Crippen molar-refractivity contribution in [2.24, 2.45) is 7.05 Å². The van der Waals surface area contributed by atoms with Gasteiger partial charge in [-0.05, 0) is 18.1 Å². The van der Waals surface area contributed by atoms with E-state index in [1.165, 1.54) is 0 Å². The molecule has 1 aromatic heterocycles. The van der Waals surface area contributed by atoms with Crippen molar-refractivity contribution in [2.45, 2.75) is 12.3 Å². The Hall–Kier alpha value is -2.10.